The first-order valence-electron chi connectivity index (χ1n) is 10.6. The van der Waals surface area contributed by atoms with Crippen LogP contribution in [0.25, 0.3) is 21.0 Å². The number of benzene rings is 3. The van der Waals surface area contributed by atoms with Crippen LogP contribution in [0.3, 0.4) is 0 Å². The van der Waals surface area contributed by atoms with E-state index in [1.165, 1.54) is 11.3 Å². The molecule has 0 atom stereocenters. The van der Waals surface area contributed by atoms with Gasteiger partial charge in [0.2, 0.25) is 0 Å². The molecule has 1 aromatic heterocycles. The molecule has 3 aromatic carbocycles. The topological polar surface area (TPSA) is 69.9 Å². The van der Waals surface area contributed by atoms with Crippen molar-refractivity contribution in [3.05, 3.63) is 71.0 Å². The Labute approximate surface area is 189 Å². The van der Waals surface area contributed by atoms with Crippen LogP contribution in [-0.4, -0.2) is 29.7 Å². The second-order valence-corrected chi connectivity index (χ2v) is 8.14. The van der Waals surface area contributed by atoms with Gasteiger partial charge in [0.25, 0.3) is 5.91 Å². The summed E-state index contributed by atoms with van der Waals surface area (Å²) >= 11 is 1.35. The highest BCUT2D eigenvalue weighted by molar-refractivity contribution is 7.16. The Hall–Kier alpha value is -3.45. The molecule has 0 fully saturated rings. The van der Waals surface area contributed by atoms with Gasteiger partial charge in [-0.05, 0) is 42.3 Å². The van der Waals surface area contributed by atoms with E-state index in [9.17, 15) is 9.59 Å². The summed E-state index contributed by atoms with van der Waals surface area (Å²) in [5, 5.41) is 2.12. The van der Waals surface area contributed by atoms with Crippen LogP contribution in [0.1, 0.15) is 19.4 Å². The van der Waals surface area contributed by atoms with E-state index >= 15 is 0 Å². The highest BCUT2D eigenvalue weighted by atomic mass is 32.1. The minimum atomic E-state index is -0.388. The number of rotatable bonds is 7. The summed E-state index contributed by atoms with van der Waals surface area (Å²) in [5.74, 6) is -0.0153. The number of para-hydroxylation sites is 1. The van der Waals surface area contributed by atoms with E-state index in [4.69, 9.17) is 9.47 Å². The maximum atomic E-state index is 13.0. The molecule has 4 rings (SSSR count). The predicted octanol–water partition coefficient (Wildman–Crippen LogP) is 4.49. The van der Waals surface area contributed by atoms with Gasteiger partial charge in [0.05, 0.1) is 24.3 Å². The zero-order chi connectivity index (χ0) is 22.5. The first kappa shape index (κ1) is 21.8. The van der Waals surface area contributed by atoms with Crippen LogP contribution in [0.2, 0.25) is 0 Å². The second-order valence-electron chi connectivity index (χ2n) is 7.13. The monoisotopic (exact) mass is 448 g/mol. The highest BCUT2D eigenvalue weighted by Gasteiger charge is 2.16. The Bertz CT molecular complexity index is 1350. The first-order valence-corrected chi connectivity index (χ1v) is 11.4. The number of esters is 1. The van der Waals surface area contributed by atoms with E-state index in [1.807, 2.05) is 67.6 Å². The Kier molecular flexibility index (Phi) is 6.66. The number of ether oxygens (including phenoxy) is 2. The molecule has 0 radical (unpaired) electrons. The van der Waals surface area contributed by atoms with Crippen molar-refractivity contribution in [2.75, 3.05) is 13.2 Å². The Morgan fingerprint density at radius 3 is 2.56 bits per heavy atom. The smallest absolute Gasteiger partial charge is 0.326 e. The molecule has 0 saturated carbocycles. The second kappa shape index (κ2) is 9.78. The van der Waals surface area contributed by atoms with Gasteiger partial charge in [0.15, 0.2) is 4.80 Å². The molecule has 6 nitrogen and oxygen atoms in total. The summed E-state index contributed by atoms with van der Waals surface area (Å²) in [4.78, 5) is 30.1. The molecule has 0 unspecified atom stereocenters. The van der Waals surface area contributed by atoms with Crippen LogP contribution in [-0.2, 0) is 27.3 Å². The minimum absolute atomic E-state index is 0.0433. The normalized spacial score (nSPS) is 11.8. The van der Waals surface area contributed by atoms with Crippen LogP contribution in [0.4, 0.5) is 0 Å². The zero-order valence-corrected chi connectivity index (χ0v) is 18.9. The van der Waals surface area contributed by atoms with Gasteiger partial charge in [-0.1, -0.05) is 59.9 Å². The van der Waals surface area contributed by atoms with Gasteiger partial charge in [-0.2, -0.15) is 4.99 Å². The standard InChI is InChI=1S/C25H24N2O4S/c1-3-30-20-13-8-14-21-24(20)27(16-23(29)31-4-2)25(32-21)26-22(28)15-18-11-7-10-17-9-5-6-12-19(17)18/h5-14H,3-4,15-16H2,1-2H3. The van der Waals surface area contributed by atoms with E-state index in [-0.39, 0.29) is 31.4 Å². The van der Waals surface area contributed by atoms with E-state index in [0.29, 0.717) is 17.2 Å². The number of aromatic nitrogens is 1. The third-order valence-corrected chi connectivity index (χ3v) is 6.04. The lowest BCUT2D eigenvalue weighted by atomic mass is 10.0. The van der Waals surface area contributed by atoms with Crippen molar-refractivity contribution in [3.63, 3.8) is 0 Å². The molecular formula is C25H24N2O4S. The zero-order valence-electron chi connectivity index (χ0n) is 18.0. The fraction of sp³-hybridized carbons (Fsp3) is 0.240. The van der Waals surface area contributed by atoms with Crippen molar-refractivity contribution in [2.45, 2.75) is 26.8 Å². The molecular weight excluding hydrogens is 424 g/mol. The van der Waals surface area contributed by atoms with Crippen LogP contribution < -0.4 is 9.54 Å². The number of hydrogen-bond donors (Lipinski definition) is 0. The molecule has 7 heteroatoms. The van der Waals surface area contributed by atoms with Gasteiger partial charge in [-0.15, -0.1) is 0 Å². The SMILES string of the molecule is CCOC(=O)Cn1c(=NC(=O)Cc2cccc3ccccc23)sc2cccc(OCC)c21. The lowest BCUT2D eigenvalue weighted by Crippen LogP contribution is -2.23. The molecule has 0 aliphatic heterocycles. The lowest BCUT2D eigenvalue weighted by Gasteiger charge is -2.09. The summed E-state index contributed by atoms with van der Waals surface area (Å²) in [6.07, 6.45) is 0.174. The molecule has 1 heterocycles. The molecule has 32 heavy (non-hydrogen) atoms. The van der Waals surface area contributed by atoms with Crippen molar-refractivity contribution in [3.8, 4) is 5.75 Å². The average Bonchev–Trinajstić information content (AvgIpc) is 3.12. The predicted molar refractivity (Wildman–Crippen MR) is 126 cm³/mol. The Morgan fingerprint density at radius 2 is 1.75 bits per heavy atom. The Balaban J connectivity index is 1.77. The number of fused-ring (bicyclic) bond motifs is 2. The van der Waals surface area contributed by atoms with Gasteiger partial charge in [-0.3, -0.25) is 9.59 Å². The van der Waals surface area contributed by atoms with Crippen LogP contribution in [0, 0.1) is 0 Å². The number of thiazole rings is 1. The van der Waals surface area contributed by atoms with Crippen molar-refractivity contribution in [1.29, 1.82) is 0 Å². The molecule has 0 saturated heterocycles. The maximum absolute atomic E-state index is 13.0. The van der Waals surface area contributed by atoms with E-state index in [2.05, 4.69) is 4.99 Å². The minimum Gasteiger partial charge on any atom is -0.492 e. The fourth-order valence-electron chi connectivity index (χ4n) is 3.69. The third kappa shape index (κ3) is 4.57. The number of carbonyl (C=O) groups excluding carboxylic acids is 2. The van der Waals surface area contributed by atoms with E-state index in [1.54, 1.807) is 11.5 Å². The molecule has 0 spiro atoms. The summed E-state index contributed by atoms with van der Waals surface area (Å²) in [6, 6.07) is 19.5. The summed E-state index contributed by atoms with van der Waals surface area (Å²) in [5.41, 5.74) is 1.66. The molecule has 4 aromatic rings. The van der Waals surface area contributed by atoms with Crippen LogP contribution >= 0.6 is 11.3 Å². The van der Waals surface area contributed by atoms with Gasteiger partial charge < -0.3 is 14.0 Å². The lowest BCUT2D eigenvalue weighted by molar-refractivity contribution is -0.143. The summed E-state index contributed by atoms with van der Waals surface area (Å²) < 4.78 is 13.5. The fourth-order valence-corrected chi connectivity index (χ4v) is 4.76. The number of nitrogens with zero attached hydrogens (tertiary/aromatic N) is 2. The van der Waals surface area contributed by atoms with E-state index < -0.39 is 0 Å². The molecule has 0 aliphatic rings. The highest BCUT2D eigenvalue weighted by Crippen LogP contribution is 2.28. The molecule has 0 aliphatic carbocycles. The van der Waals surface area contributed by atoms with Crippen molar-refractivity contribution in [2.24, 2.45) is 4.99 Å². The van der Waals surface area contributed by atoms with Gasteiger partial charge in [0, 0.05) is 0 Å². The van der Waals surface area contributed by atoms with Crippen LogP contribution in [0.5, 0.6) is 5.75 Å². The first-order chi connectivity index (χ1) is 15.6. The van der Waals surface area contributed by atoms with Gasteiger partial charge >= 0.3 is 5.97 Å². The number of carbonyl (C=O) groups is 2. The average molecular weight is 449 g/mol. The number of hydrogen-bond acceptors (Lipinski definition) is 5. The van der Waals surface area contributed by atoms with Crippen LogP contribution in [0.15, 0.2) is 65.7 Å². The largest absolute Gasteiger partial charge is 0.492 e. The van der Waals surface area contributed by atoms with Crippen molar-refractivity contribution >= 4 is 44.2 Å². The molecule has 0 bridgehead atoms. The molecule has 164 valence electrons. The third-order valence-electron chi connectivity index (χ3n) is 5.00. The van der Waals surface area contributed by atoms with Gasteiger partial charge in [0.1, 0.15) is 17.8 Å². The maximum Gasteiger partial charge on any atom is 0.326 e. The van der Waals surface area contributed by atoms with E-state index in [0.717, 1.165) is 26.6 Å². The Morgan fingerprint density at radius 1 is 0.969 bits per heavy atom. The summed E-state index contributed by atoms with van der Waals surface area (Å²) in [6.45, 7) is 4.39. The number of amides is 1. The van der Waals surface area contributed by atoms with Crippen molar-refractivity contribution < 1.29 is 19.1 Å². The van der Waals surface area contributed by atoms with Gasteiger partial charge in [-0.25, -0.2) is 0 Å². The van der Waals surface area contributed by atoms with Crippen molar-refractivity contribution in [1.82, 2.24) is 4.57 Å². The quantitative estimate of drug-likeness (QED) is 0.391. The summed E-state index contributed by atoms with van der Waals surface area (Å²) in [7, 11) is 0. The molecule has 0 N–H and O–H groups in total. The molecule has 1 amide bonds.